The molecule has 0 bridgehead atoms. The summed E-state index contributed by atoms with van der Waals surface area (Å²) in [5, 5.41) is 9.17. The number of aromatic nitrogens is 2. The highest BCUT2D eigenvalue weighted by atomic mass is 19.1. The first-order valence-electron chi connectivity index (χ1n) is 14.4. The zero-order valence-electron chi connectivity index (χ0n) is 24.8. The van der Waals surface area contributed by atoms with Crippen LogP contribution in [0.1, 0.15) is 24.8 Å². The average Bonchev–Trinajstić information content (AvgIpc) is 3.02. The van der Waals surface area contributed by atoms with Gasteiger partial charge in [0.2, 0.25) is 5.95 Å². The van der Waals surface area contributed by atoms with E-state index in [1.54, 1.807) is 24.4 Å². The lowest BCUT2D eigenvalue weighted by molar-refractivity contribution is -0.115. The first kappa shape index (κ1) is 30.6. The number of piperidine rings is 1. The smallest absolute Gasteiger partial charge is 0.396 e. The number of nitrogens with zero attached hydrogens (tertiary/aromatic N) is 4. The number of ether oxygens (including phenoxy) is 2. The molecular formula is C32H36FN7O4. The van der Waals surface area contributed by atoms with Crippen molar-refractivity contribution < 1.29 is 23.5 Å². The molecule has 3 N–H and O–H groups in total. The molecule has 230 valence electrons. The molecule has 0 atom stereocenters. The highest BCUT2D eigenvalue weighted by Gasteiger charge is 2.21. The fourth-order valence-electron chi connectivity index (χ4n) is 5.22. The van der Waals surface area contributed by atoms with E-state index in [0.717, 1.165) is 42.8 Å². The zero-order chi connectivity index (χ0) is 31.1. The summed E-state index contributed by atoms with van der Waals surface area (Å²) in [5.74, 6) is -0.524. The van der Waals surface area contributed by atoms with Crippen LogP contribution in [0.5, 0.6) is 0 Å². The van der Waals surface area contributed by atoms with E-state index in [-0.39, 0.29) is 0 Å². The first-order valence-corrected chi connectivity index (χ1v) is 14.4. The second-order valence-electron chi connectivity index (χ2n) is 10.8. The quantitative estimate of drug-likeness (QED) is 0.148. The number of halogens is 1. The SMILES string of the molecule is C=C(OC(=O)F)C(=O)Nc1cccc(Nc2nc(Nc3ccc(N4CCC(N(C)C)CC4)cc3)ncc2C2=CCOCC2)c1. The van der Waals surface area contributed by atoms with Gasteiger partial charge in [-0.1, -0.05) is 12.1 Å². The van der Waals surface area contributed by atoms with Crippen molar-refractivity contribution in [1.82, 2.24) is 14.9 Å². The Bertz CT molecular complexity index is 1540. The number of hydrogen-bond donors (Lipinski definition) is 3. The zero-order valence-corrected chi connectivity index (χ0v) is 24.8. The summed E-state index contributed by atoms with van der Waals surface area (Å²) in [7, 11) is 4.29. The average molecular weight is 602 g/mol. The van der Waals surface area contributed by atoms with E-state index in [4.69, 9.17) is 9.72 Å². The first-order chi connectivity index (χ1) is 21.2. The summed E-state index contributed by atoms with van der Waals surface area (Å²) < 4.78 is 22.1. The fourth-order valence-corrected chi connectivity index (χ4v) is 5.22. The van der Waals surface area contributed by atoms with Crippen molar-refractivity contribution >= 4 is 52.2 Å². The number of anilines is 6. The maximum Gasteiger partial charge on any atom is 0.501 e. The molecule has 3 heterocycles. The minimum Gasteiger partial charge on any atom is -0.396 e. The molecular weight excluding hydrogens is 565 g/mol. The van der Waals surface area contributed by atoms with Gasteiger partial charge in [0.15, 0.2) is 5.76 Å². The second-order valence-corrected chi connectivity index (χ2v) is 10.8. The van der Waals surface area contributed by atoms with Gasteiger partial charge < -0.3 is 35.2 Å². The predicted octanol–water partition coefficient (Wildman–Crippen LogP) is 5.86. The highest BCUT2D eigenvalue weighted by molar-refractivity contribution is 6.03. The summed E-state index contributed by atoms with van der Waals surface area (Å²) in [5.41, 5.74) is 4.93. The number of hydrogen-bond acceptors (Lipinski definition) is 10. The van der Waals surface area contributed by atoms with Crippen LogP contribution in [0.3, 0.4) is 0 Å². The van der Waals surface area contributed by atoms with Crippen LogP contribution in [-0.2, 0) is 14.3 Å². The number of carbonyl (C=O) groups excluding carboxylic acids is 2. The predicted molar refractivity (Wildman–Crippen MR) is 169 cm³/mol. The van der Waals surface area contributed by atoms with Crippen molar-refractivity contribution in [3.63, 3.8) is 0 Å². The lowest BCUT2D eigenvalue weighted by atomic mass is 10.0. The molecule has 44 heavy (non-hydrogen) atoms. The molecule has 2 aliphatic heterocycles. The van der Waals surface area contributed by atoms with Crippen LogP contribution in [0.15, 0.2) is 73.1 Å². The Labute approximate surface area is 255 Å². The third-order valence-corrected chi connectivity index (χ3v) is 7.62. The van der Waals surface area contributed by atoms with Crippen molar-refractivity contribution in [2.24, 2.45) is 0 Å². The summed E-state index contributed by atoms with van der Waals surface area (Å²) in [6, 6.07) is 15.7. The minimum absolute atomic E-state index is 0.376. The van der Waals surface area contributed by atoms with Gasteiger partial charge >= 0.3 is 6.22 Å². The van der Waals surface area contributed by atoms with Crippen molar-refractivity contribution in [2.45, 2.75) is 25.3 Å². The van der Waals surface area contributed by atoms with E-state index in [1.807, 2.05) is 24.3 Å². The van der Waals surface area contributed by atoms with Gasteiger partial charge in [0.25, 0.3) is 5.91 Å². The Morgan fingerprint density at radius 3 is 2.50 bits per heavy atom. The minimum atomic E-state index is -2.11. The molecule has 5 rings (SSSR count). The monoisotopic (exact) mass is 601 g/mol. The molecule has 2 aliphatic rings. The Balaban J connectivity index is 1.32. The van der Waals surface area contributed by atoms with Gasteiger partial charge in [0.05, 0.1) is 13.2 Å². The molecule has 1 amide bonds. The lowest BCUT2D eigenvalue weighted by Gasteiger charge is -2.36. The second kappa shape index (κ2) is 14.1. The third kappa shape index (κ3) is 7.97. The standard InChI is InChI=1S/C32H36FN7O4/c1-21(44-31(33)42)30(41)36-25-6-4-5-24(19-25)35-29-28(22-13-17-43-18-14-22)20-34-32(38-29)37-23-7-9-27(10-8-23)40-15-11-26(12-16-40)39(2)3/h4-10,13,19-20,26H,1,11-12,14-18H2,2-3H3,(H,36,41)(H2,34,35,37,38). The van der Waals surface area contributed by atoms with E-state index in [1.165, 1.54) is 5.69 Å². The van der Waals surface area contributed by atoms with E-state index >= 15 is 0 Å². The lowest BCUT2D eigenvalue weighted by Crippen LogP contribution is -2.41. The molecule has 2 aromatic carbocycles. The summed E-state index contributed by atoms with van der Waals surface area (Å²) in [6.07, 6.45) is 4.67. The van der Waals surface area contributed by atoms with Crippen LogP contribution in [0.4, 0.5) is 43.7 Å². The number of nitrogens with one attached hydrogen (secondary N) is 3. The molecule has 3 aromatic rings. The normalized spacial score (nSPS) is 15.4. The van der Waals surface area contributed by atoms with Gasteiger partial charge in [0, 0.05) is 53.6 Å². The van der Waals surface area contributed by atoms with Crippen LogP contribution in [0.25, 0.3) is 5.57 Å². The fraction of sp³-hybridized carbons (Fsp3) is 0.312. The molecule has 1 saturated heterocycles. The molecule has 11 nitrogen and oxygen atoms in total. The van der Waals surface area contributed by atoms with E-state index in [0.29, 0.717) is 48.8 Å². The van der Waals surface area contributed by atoms with Gasteiger partial charge in [-0.15, -0.1) is 4.39 Å². The maximum atomic E-state index is 12.5. The molecule has 0 spiro atoms. The topological polar surface area (TPSA) is 121 Å². The van der Waals surface area contributed by atoms with Gasteiger partial charge in [-0.25, -0.2) is 9.78 Å². The number of amides is 1. The largest absolute Gasteiger partial charge is 0.501 e. The number of carbonyl (C=O) groups is 2. The van der Waals surface area contributed by atoms with E-state index < -0.39 is 17.9 Å². The summed E-state index contributed by atoms with van der Waals surface area (Å²) in [4.78, 5) is 36.8. The molecule has 0 saturated carbocycles. The van der Waals surface area contributed by atoms with Crippen LogP contribution < -0.4 is 20.9 Å². The molecule has 0 radical (unpaired) electrons. The number of benzene rings is 2. The van der Waals surface area contributed by atoms with Crippen molar-refractivity contribution in [3.8, 4) is 0 Å². The van der Waals surface area contributed by atoms with Gasteiger partial charge in [-0.05, 0) is 88.0 Å². The van der Waals surface area contributed by atoms with Gasteiger partial charge in [-0.2, -0.15) is 4.98 Å². The van der Waals surface area contributed by atoms with Crippen LogP contribution >= 0.6 is 0 Å². The van der Waals surface area contributed by atoms with Gasteiger partial charge in [-0.3, -0.25) is 4.79 Å². The molecule has 0 unspecified atom stereocenters. The molecule has 1 fully saturated rings. The Morgan fingerprint density at radius 2 is 1.82 bits per heavy atom. The van der Waals surface area contributed by atoms with Crippen molar-refractivity contribution in [1.29, 1.82) is 0 Å². The highest BCUT2D eigenvalue weighted by Crippen LogP contribution is 2.31. The van der Waals surface area contributed by atoms with E-state index in [2.05, 4.69) is 68.3 Å². The number of rotatable bonds is 10. The summed E-state index contributed by atoms with van der Waals surface area (Å²) >= 11 is 0. The Hall–Kier alpha value is -4.81. The Kier molecular flexibility index (Phi) is 9.82. The summed E-state index contributed by atoms with van der Waals surface area (Å²) in [6.45, 7) is 6.43. The van der Waals surface area contributed by atoms with Crippen LogP contribution in [0, 0.1) is 0 Å². The Morgan fingerprint density at radius 1 is 1.07 bits per heavy atom. The van der Waals surface area contributed by atoms with E-state index in [9.17, 15) is 14.0 Å². The van der Waals surface area contributed by atoms with Crippen LogP contribution in [-0.4, -0.2) is 73.4 Å². The van der Waals surface area contributed by atoms with Crippen molar-refractivity contribution in [2.75, 3.05) is 61.2 Å². The third-order valence-electron chi connectivity index (χ3n) is 7.62. The van der Waals surface area contributed by atoms with Gasteiger partial charge in [0.1, 0.15) is 5.82 Å². The molecule has 0 aliphatic carbocycles. The maximum absolute atomic E-state index is 12.5. The van der Waals surface area contributed by atoms with Crippen LogP contribution in [0.2, 0.25) is 0 Å². The van der Waals surface area contributed by atoms with Crippen molar-refractivity contribution in [3.05, 3.63) is 78.7 Å². The molecule has 1 aromatic heterocycles. The molecule has 12 heteroatoms.